The molecule has 0 saturated carbocycles. The number of ether oxygens (including phenoxy) is 1. The van der Waals surface area contributed by atoms with Gasteiger partial charge in [-0.1, -0.05) is 44.8 Å². The summed E-state index contributed by atoms with van der Waals surface area (Å²) < 4.78 is 5.42. The lowest BCUT2D eigenvalue weighted by atomic mass is 10.1. The molecule has 0 radical (unpaired) electrons. The second-order valence-electron chi connectivity index (χ2n) is 4.71. The van der Waals surface area contributed by atoms with E-state index >= 15 is 0 Å². The van der Waals surface area contributed by atoms with Gasteiger partial charge in [-0.25, -0.2) is 0 Å². The minimum atomic E-state index is -0.831. The summed E-state index contributed by atoms with van der Waals surface area (Å²) in [7, 11) is 0. The Morgan fingerprint density at radius 3 is 2.65 bits per heavy atom. The number of carboxylic acids is 1. The lowest BCUT2D eigenvalue weighted by Gasteiger charge is -1.97. The quantitative estimate of drug-likeness (QED) is 0.307. The zero-order valence-electron chi connectivity index (χ0n) is 12.6. The van der Waals surface area contributed by atoms with Gasteiger partial charge in [0.25, 0.3) is 0 Å². The van der Waals surface area contributed by atoms with E-state index < -0.39 is 5.97 Å². The highest BCUT2D eigenvalue weighted by molar-refractivity contribution is 5.68. The fourth-order valence-corrected chi connectivity index (χ4v) is 1.66. The van der Waals surface area contributed by atoms with E-state index in [-0.39, 0.29) is 6.42 Å². The first kappa shape index (κ1) is 18.7. The van der Waals surface area contributed by atoms with Crippen molar-refractivity contribution in [1.82, 2.24) is 0 Å². The zero-order valence-corrected chi connectivity index (χ0v) is 12.6. The molecule has 0 rings (SSSR count). The van der Waals surface area contributed by atoms with Crippen LogP contribution in [0, 0.1) is 0 Å². The third-order valence-corrected chi connectivity index (χ3v) is 2.77. The van der Waals surface area contributed by atoms with Gasteiger partial charge in [-0.05, 0) is 31.4 Å². The maximum absolute atomic E-state index is 10.2. The molecule has 0 bridgehead atoms. The largest absolute Gasteiger partial charge is 0.481 e. The van der Waals surface area contributed by atoms with Gasteiger partial charge >= 0.3 is 5.97 Å². The van der Waals surface area contributed by atoms with Crippen molar-refractivity contribution in [2.45, 2.75) is 58.3 Å². The first-order chi connectivity index (χ1) is 9.77. The van der Waals surface area contributed by atoms with Crippen LogP contribution in [0.1, 0.15) is 58.3 Å². The molecule has 0 amide bonds. The SMILES string of the molecule is CCCCCCC/C=C\COCCC=C=CCC(=O)O. The van der Waals surface area contributed by atoms with Gasteiger partial charge in [-0.15, -0.1) is 5.73 Å². The Morgan fingerprint density at radius 2 is 1.90 bits per heavy atom. The Morgan fingerprint density at radius 1 is 1.10 bits per heavy atom. The number of carboxylic acid groups (broad SMARTS) is 1. The summed E-state index contributed by atoms with van der Waals surface area (Å²) in [6, 6.07) is 0. The van der Waals surface area contributed by atoms with Gasteiger partial charge in [0.05, 0.1) is 19.6 Å². The van der Waals surface area contributed by atoms with Crippen LogP contribution in [0.25, 0.3) is 0 Å². The van der Waals surface area contributed by atoms with Gasteiger partial charge in [0.15, 0.2) is 0 Å². The Labute approximate surface area is 123 Å². The fraction of sp³-hybridized carbons (Fsp3) is 0.647. The van der Waals surface area contributed by atoms with Crippen LogP contribution in [0.4, 0.5) is 0 Å². The second kappa shape index (κ2) is 15.7. The molecular weight excluding hydrogens is 252 g/mol. The van der Waals surface area contributed by atoms with Crippen LogP contribution in [-0.2, 0) is 9.53 Å². The molecule has 0 aliphatic carbocycles. The maximum Gasteiger partial charge on any atom is 0.307 e. The van der Waals surface area contributed by atoms with E-state index in [2.05, 4.69) is 24.8 Å². The Bertz CT molecular complexity index is 312. The molecule has 1 N–H and O–H groups in total. The van der Waals surface area contributed by atoms with Gasteiger partial charge in [0.2, 0.25) is 0 Å². The van der Waals surface area contributed by atoms with Crippen molar-refractivity contribution >= 4 is 5.97 Å². The number of rotatable bonds is 13. The molecule has 0 spiro atoms. The number of aliphatic carboxylic acids is 1. The van der Waals surface area contributed by atoms with E-state index in [1.165, 1.54) is 38.2 Å². The van der Waals surface area contributed by atoms with E-state index in [0.29, 0.717) is 13.2 Å². The van der Waals surface area contributed by atoms with Crippen LogP contribution in [0.15, 0.2) is 30.0 Å². The zero-order chi connectivity index (χ0) is 14.9. The molecule has 0 atom stereocenters. The van der Waals surface area contributed by atoms with E-state index in [1.54, 1.807) is 6.08 Å². The lowest BCUT2D eigenvalue weighted by molar-refractivity contribution is -0.135. The Balaban J connectivity index is 3.27. The van der Waals surface area contributed by atoms with Crippen LogP contribution < -0.4 is 0 Å². The maximum atomic E-state index is 10.2. The van der Waals surface area contributed by atoms with Gasteiger partial charge in [0.1, 0.15) is 0 Å². The van der Waals surface area contributed by atoms with Crippen molar-refractivity contribution in [3.8, 4) is 0 Å². The molecule has 0 aliphatic rings. The molecule has 0 aromatic carbocycles. The van der Waals surface area contributed by atoms with Crippen LogP contribution in [0.5, 0.6) is 0 Å². The van der Waals surface area contributed by atoms with Crippen molar-refractivity contribution in [2.24, 2.45) is 0 Å². The van der Waals surface area contributed by atoms with E-state index in [4.69, 9.17) is 9.84 Å². The van der Waals surface area contributed by atoms with Crippen LogP contribution in [0.2, 0.25) is 0 Å². The highest BCUT2D eigenvalue weighted by atomic mass is 16.5. The van der Waals surface area contributed by atoms with Gasteiger partial charge in [-0.2, -0.15) is 0 Å². The predicted molar refractivity (Wildman–Crippen MR) is 82.9 cm³/mol. The molecule has 0 aromatic heterocycles. The van der Waals surface area contributed by atoms with E-state index in [0.717, 1.165) is 12.8 Å². The summed E-state index contributed by atoms with van der Waals surface area (Å²) in [6.07, 6.45) is 16.1. The van der Waals surface area contributed by atoms with Gasteiger partial charge in [-0.3, -0.25) is 4.79 Å². The minimum Gasteiger partial charge on any atom is -0.481 e. The Kier molecular flexibility index (Phi) is 14.7. The molecule has 0 saturated heterocycles. The molecular formula is C17H28O3. The fourth-order valence-electron chi connectivity index (χ4n) is 1.66. The Hall–Kier alpha value is -1.31. The van der Waals surface area contributed by atoms with Gasteiger partial charge < -0.3 is 9.84 Å². The molecule has 0 fully saturated rings. The topological polar surface area (TPSA) is 46.5 Å². The normalized spacial score (nSPS) is 10.4. The van der Waals surface area contributed by atoms with Crippen LogP contribution in [0.3, 0.4) is 0 Å². The van der Waals surface area contributed by atoms with Crippen LogP contribution in [-0.4, -0.2) is 24.3 Å². The van der Waals surface area contributed by atoms with Crippen molar-refractivity contribution < 1.29 is 14.6 Å². The number of unbranched alkanes of at least 4 members (excludes halogenated alkanes) is 5. The van der Waals surface area contributed by atoms with Crippen molar-refractivity contribution in [3.63, 3.8) is 0 Å². The van der Waals surface area contributed by atoms with E-state index in [1.807, 2.05) is 0 Å². The molecule has 0 heterocycles. The van der Waals surface area contributed by atoms with E-state index in [9.17, 15) is 4.79 Å². The predicted octanol–water partition coefficient (Wildman–Crippen LogP) is 4.50. The molecule has 20 heavy (non-hydrogen) atoms. The summed E-state index contributed by atoms with van der Waals surface area (Å²) in [5, 5.41) is 8.40. The average Bonchev–Trinajstić information content (AvgIpc) is 2.43. The summed E-state index contributed by atoms with van der Waals surface area (Å²) in [4.78, 5) is 10.2. The van der Waals surface area contributed by atoms with Crippen LogP contribution >= 0.6 is 0 Å². The molecule has 3 nitrogen and oxygen atoms in total. The highest BCUT2D eigenvalue weighted by Crippen LogP contribution is 2.05. The minimum absolute atomic E-state index is 0.0261. The molecule has 0 unspecified atom stereocenters. The third kappa shape index (κ3) is 16.7. The summed E-state index contributed by atoms with van der Waals surface area (Å²) in [5.74, 6) is -0.831. The highest BCUT2D eigenvalue weighted by Gasteiger charge is 1.88. The number of carbonyl (C=O) groups is 1. The second-order valence-corrected chi connectivity index (χ2v) is 4.71. The summed E-state index contributed by atoms with van der Waals surface area (Å²) in [6.45, 7) is 3.53. The summed E-state index contributed by atoms with van der Waals surface area (Å²) >= 11 is 0. The third-order valence-electron chi connectivity index (χ3n) is 2.77. The monoisotopic (exact) mass is 280 g/mol. The molecule has 0 aliphatic heterocycles. The lowest BCUT2D eigenvalue weighted by Crippen LogP contribution is -1.92. The average molecular weight is 280 g/mol. The number of hydrogen-bond acceptors (Lipinski definition) is 2. The van der Waals surface area contributed by atoms with Gasteiger partial charge in [0, 0.05) is 0 Å². The number of hydrogen-bond donors (Lipinski definition) is 1. The van der Waals surface area contributed by atoms with Crippen molar-refractivity contribution in [1.29, 1.82) is 0 Å². The first-order valence-corrected chi connectivity index (χ1v) is 7.61. The first-order valence-electron chi connectivity index (χ1n) is 7.61. The smallest absolute Gasteiger partial charge is 0.307 e. The molecule has 3 heteroatoms. The molecule has 0 aromatic rings. The summed E-state index contributed by atoms with van der Waals surface area (Å²) in [5.41, 5.74) is 2.82. The molecule has 114 valence electrons. The van der Waals surface area contributed by atoms with Crippen molar-refractivity contribution in [2.75, 3.05) is 13.2 Å². The number of allylic oxidation sites excluding steroid dienone is 1. The van der Waals surface area contributed by atoms with Crippen molar-refractivity contribution in [3.05, 3.63) is 30.0 Å². The standard InChI is InChI=1S/C17H28O3/c1-2-3-4-5-6-7-9-12-15-20-16-13-10-8-11-14-17(18)19/h9-12H,2-7,13-16H2,1H3,(H,18,19)/b12-9-.